The molecular weight excluding hydrogens is 528 g/mol. The molecule has 1 amide bonds. The van der Waals surface area contributed by atoms with E-state index in [1.54, 1.807) is 0 Å². The second-order valence-corrected chi connectivity index (χ2v) is 14.0. The van der Waals surface area contributed by atoms with Gasteiger partial charge in [-0.15, -0.1) is 21.5 Å². The zero-order chi connectivity index (χ0) is 27.7. The summed E-state index contributed by atoms with van der Waals surface area (Å²) >= 11 is 2.94. The van der Waals surface area contributed by atoms with Crippen LogP contribution in [0.4, 0.5) is 5.00 Å². The van der Waals surface area contributed by atoms with Crippen LogP contribution in [-0.4, -0.2) is 39.0 Å². The summed E-state index contributed by atoms with van der Waals surface area (Å²) in [4.78, 5) is 27.2. The Balaban J connectivity index is 1.39. The Kier molecular flexibility index (Phi) is 8.19. The fourth-order valence-corrected chi connectivity index (χ4v) is 7.76. The van der Waals surface area contributed by atoms with Crippen LogP contribution in [0.15, 0.2) is 29.4 Å². The van der Waals surface area contributed by atoms with E-state index in [-0.39, 0.29) is 17.3 Å². The number of thiophene rings is 1. The van der Waals surface area contributed by atoms with E-state index < -0.39 is 5.25 Å². The molecule has 2 aliphatic carbocycles. The van der Waals surface area contributed by atoms with Crippen LogP contribution in [0, 0.1) is 0 Å². The van der Waals surface area contributed by atoms with Gasteiger partial charge in [-0.25, -0.2) is 4.79 Å². The van der Waals surface area contributed by atoms with Crippen LogP contribution in [0.5, 0.6) is 0 Å². The molecule has 0 unspecified atom stereocenters. The smallest absolute Gasteiger partial charge is 0.341 e. The molecule has 0 spiro atoms. The number of fused-ring (bicyclic) bond motifs is 1. The van der Waals surface area contributed by atoms with Crippen LogP contribution in [0.25, 0.3) is 11.4 Å². The van der Waals surface area contributed by atoms with E-state index in [9.17, 15) is 9.59 Å². The lowest BCUT2D eigenvalue weighted by atomic mass is 9.86. The maximum Gasteiger partial charge on any atom is 0.341 e. The van der Waals surface area contributed by atoms with E-state index >= 15 is 0 Å². The number of esters is 1. The van der Waals surface area contributed by atoms with Crippen molar-refractivity contribution in [1.82, 2.24) is 14.8 Å². The Labute approximate surface area is 239 Å². The number of hydrogen-bond acceptors (Lipinski definition) is 7. The number of methoxy groups -OCH3 is 1. The average Bonchev–Trinajstić information content (AvgIpc) is 3.66. The number of ether oxygens (including phenoxy) is 1. The maximum atomic E-state index is 13.4. The highest BCUT2D eigenvalue weighted by Crippen LogP contribution is 2.40. The van der Waals surface area contributed by atoms with Crippen molar-refractivity contribution < 1.29 is 14.3 Å². The fraction of sp³-hybridized carbons (Fsp3) is 0.533. The monoisotopic (exact) mass is 566 g/mol. The van der Waals surface area contributed by atoms with Crippen molar-refractivity contribution in [3.63, 3.8) is 0 Å². The highest BCUT2D eigenvalue weighted by molar-refractivity contribution is 8.00. The lowest BCUT2D eigenvalue weighted by Crippen LogP contribution is -2.24. The number of carbonyl (C=O) groups is 2. The number of aryl methyl sites for hydroxylation is 1. The highest BCUT2D eigenvalue weighted by atomic mass is 32.2. The lowest BCUT2D eigenvalue weighted by molar-refractivity contribution is -0.115. The first-order chi connectivity index (χ1) is 18.7. The summed E-state index contributed by atoms with van der Waals surface area (Å²) in [6, 6.07) is 8.93. The molecule has 2 heterocycles. The van der Waals surface area contributed by atoms with E-state index in [1.165, 1.54) is 53.5 Å². The van der Waals surface area contributed by atoms with Crippen molar-refractivity contribution in [3.05, 3.63) is 45.8 Å². The van der Waals surface area contributed by atoms with Crippen molar-refractivity contribution >= 4 is 40.0 Å². The van der Waals surface area contributed by atoms with E-state index in [4.69, 9.17) is 4.74 Å². The quantitative estimate of drug-likeness (QED) is 0.240. The van der Waals surface area contributed by atoms with Crippen molar-refractivity contribution in [1.29, 1.82) is 0 Å². The molecule has 1 atom stereocenters. The van der Waals surface area contributed by atoms with Gasteiger partial charge < -0.3 is 10.1 Å². The SMILES string of the molecule is COC(=O)c1c(NC(=O)[C@@H](C)Sc2nnc(-c3ccc(C(C)(C)C)cc3)n2C2CCCC2)sc2c1CCCC2. The number of nitrogens with zero attached hydrogens (tertiary/aromatic N) is 3. The van der Waals surface area contributed by atoms with Gasteiger partial charge >= 0.3 is 5.97 Å². The third-order valence-corrected chi connectivity index (χ3v) is 10.1. The van der Waals surface area contributed by atoms with Gasteiger partial charge in [-0.1, -0.05) is 69.6 Å². The van der Waals surface area contributed by atoms with E-state index in [1.807, 2.05) is 6.92 Å². The molecule has 5 rings (SSSR count). The van der Waals surface area contributed by atoms with Crippen LogP contribution in [0.2, 0.25) is 0 Å². The molecule has 1 aromatic carbocycles. The minimum atomic E-state index is -0.421. The zero-order valence-electron chi connectivity index (χ0n) is 23.5. The first-order valence-electron chi connectivity index (χ1n) is 13.9. The summed E-state index contributed by atoms with van der Waals surface area (Å²) < 4.78 is 7.32. The van der Waals surface area contributed by atoms with Gasteiger partial charge in [-0.05, 0) is 62.0 Å². The molecule has 39 heavy (non-hydrogen) atoms. The second-order valence-electron chi connectivity index (χ2n) is 11.6. The van der Waals surface area contributed by atoms with Gasteiger partial charge in [0.2, 0.25) is 5.91 Å². The second kappa shape index (κ2) is 11.5. The Bertz CT molecular complexity index is 1350. The highest BCUT2D eigenvalue weighted by Gasteiger charge is 2.30. The number of anilines is 1. The predicted molar refractivity (Wildman–Crippen MR) is 158 cm³/mol. The molecule has 0 aliphatic heterocycles. The molecule has 2 aromatic heterocycles. The Morgan fingerprint density at radius 1 is 1.08 bits per heavy atom. The number of carbonyl (C=O) groups excluding carboxylic acids is 2. The number of thioether (sulfide) groups is 1. The Morgan fingerprint density at radius 3 is 2.44 bits per heavy atom. The number of amides is 1. The largest absolute Gasteiger partial charge is 0.465 e. The topological polar surface area (TPSA) is 86.1 Å². The molecule has 1 saturated carbocycles. The van der Waals surface area contributed by atoms with Gasteiger partial charge in [-0.3, -0.25) is 9.36 Å². The van der Waals surface area contributed by atoms with Gasteiger partial charge in [0.25, 0.3) is 0 Å². The number of rotatable bonds is 7. The summed E-state index contributed by atoms with van der Waals surface area (Å²) in [5, 5.41) is 13.2. The fourth-order valence-electron chi connectivity index (χ4n) is 5.56. The molecule has 1 N–H and O–H groups in total. The number of hydrogen-bond donors (Lipinski definition) is 1. The number of benzene rings is 1. The van der Waals surface area contributed by atoms with Crippen molar-refractivity contribution in [2.75, 3.05) is 12.4 Å². The summed E-state index contributed by atoms with van der Waals surface area (Å²) in [6.07, 6.45) is 8.48. The van der Waals surface area contributed by atoms with E-state index in [2.05, 4.69) is 65.1 Å². The van der Waals surface area contributed by atoms with Gasteiger partial charge in [0.1, 0.15) is 5.00 Å². The molecule has 1 fully saturated rings. The third-order valence-electron chi connectivity index (χ3n) is 7.81. The molecule has 2 aliphatic rings. The molecular formula is C30H38N4O3S2. The predicted octanol–water partition coefficient (Wildman–Crippen LogP) is 7.20. The summed E-state index contributed by atoms with van der Waals surface area (Å²) in [5.41, 5.74) is 3.96. The first-order valence-corrected chi connectivity index (χ1v) is 15.6. The number of nitrogens with one attached hydrogen (secondary N) is 1. The minimum absolute atomic E-state index is 0.0804. The van der Waals surface area contributed by atoms with Crippen LogP contribution in [-0.2, 0) is 27.8 Å². The van der Waals surface area contributed by atoms with E-state index in [0.29, 0.717) is 16.6 Å². The first kappa shape index (κ1) is 27.9. The van der Waals surface area contributed by atoms with Crippen LogP contribution in [0.1, 0.15) is 98.6 Å². The summed E-state index contributed by atoms with van der Waals surface area (Å²) in [5.74, 6) is 0.324. The van der Waals surface area contributed by atoms with Gasteiger partial charge in [0, 0.05) is 16.5 Å². The standard InChI is InChI=1S/C30H38N4O3S2/c1-18(26(35)31-27-24(28(36)37-5)22-12-8-9-13-23(22)39-27)38-29-33-32-25(34(29)21-10-6-7-11-21)19-14-16-20(17-15-19)30(2,3)4/h14-18,21H,6-13H2,1-5H3,(H,31,35)/t18-/m1/s1. The Morgan fingerprint density at radius 2 is 1.77 bits per heavy atom. The van der Waals surface area contributed by atoms with E-state index in [0.717, 1.165) is 60.6 Å². The van der Waals surface area contributed by atoms with Gasteiger partial charge in [0.05, 0.1) is 17.9 Å². The van der Waals surface area contributed by atoms with Crippen LogP contribution < -0.4 is 5.32 Å². The summed E-state index contributed by atoms with van der Waals surface area (Å²) in [6.45, 7) is 8.52. The van der Waals surface area contributed by atoms with Crippen molar-refractivity contribution in [3.8, 4) is 11.4 Å². The molecule has 0 radical (unpaired) electrons. The number of aromatic nitrogens is 3. The zero-order valence-corrected chi connectivity index (χ0v) is 25.1. The third kappa shape index (κ3) is 5.80. The van der Waals surface area contributed by atoms with Crippen LogP contribution in [0.3, 0.4) is 0 Å². The average molecular weight is 567 g/mol. The lowest BCUT2D eigenvalue weighted by Gasteiger charge is -2.20. The summed E-state index contributed by atoms with van der Waals surface area (Å²) in [7, 11) is 1.39. The van der Waals surface area contributed by atoms with Gasteiger partial charge in [-0.2, -0.15) is 0 Å². The molecule has 7 nitrogen and oxygen atoms in total. The van der Waals surface area contributed by atoms with Crippen molar-refractivity contribution in [2.45, 2.75) is 101 Å². The molecule has 9 heteroatoms. The normalized spacial score (nSPS) is 16.6. The molecule has 0 saturated heterocycles. The molecule has 208 valence electrons. The maximum absolute atomic E-state index is 13.4. The molecule has 3 aromatic rings. The van der Waals surface area contributed by atoms with Crippen molar-refractivity contribution in [2.24, 2.45) is 0 Å². The minimum Gasteiger partial charge on any atom is -0.465 e. The van der Waals surface area contributed by atoms with Crippen LogP contribution >= 0.6 is 23.1 Å². The Hall–Kier alpha value is -2.65. The van der Waals surface area contributed by atoms with Gasteiger partial charge in [0.15, 0.2) is 11.0 Å². The molecule has 0 bridgehead atoms.